The molecule has 0 saturated carbocycles. The lowest BCUT2D eigenvalue weighted by molar-refractivity contribution is -0.384. The fraction of sp³-hybridized carbons (Fsp3) is 0.714. The molecule has 9 nitrogen and oxygen atoms in total. The number of nitrogens with zero attached hydrogens (tertiary/aromatic N) is 3. The summed E-state index contributed by atoms with van der Waals surface area (Å²) in [6.45, 7) is 8.17. The Balaban J connectivity index is 1.78. The lowest BCUT2D eigenvalue weighted by Gasteiger charge is -2.34. The molecule has 1 aromatic rings. The van der Waals surface area contributed by atoms with Crippen molar-refractivity contribution in [2.75, 3.05) is 51.3 Å². The SMILES string of the molecule is CC(C)[C@H](CNc1ccc(S(=O)(=O)N2CCOCC2)cc1[N+](=O)[O-])N1CCCCCC1. The van der Waals surface area contributed by atoms with Crippen molar-refractivity contribution < 1.29 is 18.1 Å². The number of anilines is 1. The molecular formula is C21H34N4O5S. The van der Waals surface area contributed by atoms with Crippen molar-refractivity contribution >= 4 is 21.4 Å². The van der Waals surface area contributed by atoms with Gasteiger partial charge in [-0.1, -0.05) is 26.7 Å². The molecule has 2 fully saturated rings. The molecule has 1 atom stereocenters. The van der Waals surface area contributed by atoms with Crippen LogP contribution < -0.4 is 5.32 Å². The molecular weight excluding hydrogens is 420 g/mol. The number of nitro groups is 1. The van der Waals surface area contributed by atoms with Crippen LogP contribution in [-0.4, -0.2) is 74.5 Å². The minimum absolute atomic E-state index is 0.0559. The van der Waals surface area contributed by atoms with Gasteiger partial charge in [0.25, 0.3) is 5.69 Å². The molecule has 0 aromatic heterocycles. The molecule has 10 heteroatoms. The molecule has 0 unspecified atom stereocenters. The summed E-state index contributed by atoms with van der Waals surface area (Å²) < 4.78 is 32.3. The van der Waals surface area contributed by atoms with E-state index in [1.807, 2.05) is 0 Å². The highest BCUT2D eigenvalue weighted by Gasteiger charge is 2.29. The van der Waals surface area contributed by atoms with E-state index < -0.39 is 14.9 Å². The van der Waals surface area contributed by atoms with Crippen LogP contribution in [0, 0.1) is 16.0 Å². The first kappa shape index (κ1) is 23.9. The van der Waals surface area contributed by atoms with Gasteiger partial charge in [-0.25, -0.2) is 8.42 Å². The van der Waals surface area contributed by atoms with Gasteiger partial charge in [0.1, 0.15) is 5.69 Å². The Morgan fingerprint density at radius 3 is 2.32 bits per heavy atom. The zero-order valence-corrected chi connectivity index (χ0v) is 19.3. The maximum absolute atomic E-state index is 12.9. The second-order valence-electron chi connectivity index (χ2n) is 8.59. The van der Waals surface area contributed by atoms with Crippen molar-refractivity contribution in [3.05, 3.63) is 28.3 Å². The van der Waals surface area contributed by atoms with E-state index in [1.165, 1.54) is 48.2 Å². The lowest BCUT2D eigenvalue weighted by Crippen LogP contribution is -2.44. The van der Waals surface area contributed by atoms with E-state index in [1.54, 1.807) is 0 Å². The second-order valence-corrected chi connectivity index (χ2v) is 10.5. The Morgan fingerprint density at radius 2 is 1.74 bits per heavy atom. The van der Waals surface area contributed by atoms with E-state index in [0.29, 0.717) is 31.4 Å². The summed E-state index contributed by atoms with van der Waals surface area (Å²) in [5, 5.41) is 15.0. The fourth-order valence-electron chi connectivity index (χ4n) is 4.34. The average molecular weight is 455 g/mol. The molecule has 3 rings (SSSR count). The van der Waals surface area contributed by atoms with Gasteiger partial charge in [-0.05, 0) is 44.0 Å². The molecule has 2 aliphatic rings. The molecule has 31 heavy (non-hydrogen) atoms. The second kappa shape index (κ2) is 10.7. The van der Waals surface area contributed by atoms with Crippen LogP contribution in [-0.2, 0) is 14.8 Å². The number of rotatable bonds is 8. The number of likely N-dealkylation sites (tertiary alicyclic amines) is 1. The number of nitro benzene ring substituents is 1. The highest BCUT2D eigenvalue weighted by Crippen LogP contribution is 2.30. The third-order valence-corrected chi connectivity index (χ3v) is 8.05. The maximum atomic E-state index is 12.9. The van der Waals surface area contributed by atoms with Crippen molar-refractivity contribution in [3.63, 3.8) is 0 Å². The number of benzene rings is 1. The highest BCUT2D eigenvalue weighted by molar-refractivity contribution is 7.89. The van der Waals surface area contributed by atoms with E-state index in [9.17, 15) is 18.5 Å². The Labute approximate surface area is 184 Å². The molecule has 0 aliphatic carbocycles. The number of hydrogen-bond donors (Lipinski definition) is 1. The van der Waals surface area contributed by atoms with Crippen LogP contribution in [0.15, 0.2) is 23.1 Å². The Bertz CT molecular complexity index is 847. The van der Waals surface area contributed by atoms with Crippen molar-refractivity contribution in [1.82, 2.24) is 9.21 Å². The van der Waals surface area contributed by atoms with Crippen LogP contribution in [0.4, 0.5) is 11.4 Å². The van der Waals surface area contributed by atoms with Crippen LogP contribution in [0.1, 0.15) is 39.5 Å². The first-order chi connectivity index (χ1) is 14.8. The molecule has 1 aromatic carbocycles. The minimum Gasteiger partial charge on any atom is -0.379 e. The summed E-state index contributed by atoms with van der Waals surface area (Å²) in [5.74, 6) is 0.394. The van der Waals surface area contributed by atoms with Gasteiger partial charge in [0.05, 0.1) is 23.0 Å². The van der Waals surface area contributed by atoms with Crippen molar-refractivity contribution in [1.29, 1.82) is 0 Å². The van der Waals surface area contributed by atoms with E-state index in [0.717, 1.165) is 13.1 Å². The fourth-order valence-corrected chi connectivity index (χ4v) is 5.76. The van der Waals surface area contributed by atoms with Gasteiger partial charge in [0.15, 0.2) is 0 Å². The molecule has 2 heterocycles. The Morgan fingerprint density at radius 1 is 1.10 bits per heavy atom. The molecule has 0 radical (unpaired) electrons. The summed E-state index contributed by atoms with van der Waals surface area (Å²) in [5.41, 5.74) is 0.138. The van der Waals surface area contributed by atoms with Gasteiger partial charge >= 0.3 is 0 Å². The van der Waals surface area contributed by atoms with Crippen LogP contribution in [0.2, 0.25) is 0 Å². The number of sulfonamides is 1. The summed E-state index contributed by atoms with van der Waals surface area (Å²) in [6.07, 6.45) is 4.85. The van der Waals surface area contributed by atoms with Crippen molar-refractivity contribution in [3.8, 4) is 0 Å². The van der Waals surface area contributed by atoms with Crippen LogP contribution in [0.5, 0.6) is 0 Å². The lowest BCUT2D eigenvalue weighted by atomic mass is 10.0. The first-order valence-corrected chi connectivity index (χ1v) is 12.6. The third kappa shape index (κ3) is 5.94. The van der Waals surface area contributed by atoms with E-state index in [-0.39, 0.29) is 29.7 Å². The van der Waals surface area contributed by atoms with Gasteiger partial charge in [-0.15, -0.1) is 0 Å². The van der Waals surface area contributed by atoms with Crippen molar-refractivity contribution in [2.45, 2.75) is 50.5 Å². The minimum atomic E-state index is -3.79. The maximum Gasteiger partial charge on any atom is 0.293 e. The van der Waals surface area contributed by atoms with E-state index in [4.69, 9.17) is 4.74 Å². The predicted octanol–water partition coefficient (Wildman–Crippen LogP) is 2.93. The smallest absolute Gasteiger partial charge is 0.293 e. The summed E-state index contributed by atoms with van der Waals surface area (Å²) in [4.78, 5) is 13.6. The van der Waals surface area contributed by atoms with Crippen LogP contribution in [0.3, 0.4) is 0 Å². The largest absolute Gasteiger partial charge is 0.379 e. The Kier molecular flexibility index (Phi) is 8.26. The zero-order chi connectivity index (χ0) is 22.4. The molecule has 0 amide bonds. The van der Waals surface area contributed by atoms with Crippen LogP contribution >= 0.6 is 0 Å². The first-order valence-electron chi connectivity index (χ1n) is 11.1. The average Bonchev–Trinajstić information content (AvgIpc) is 3.03. The van der Waals surface area contributed by atoms with E-state index in [2.05, 4.69) is 24.1 Å². The predicted molar refractivity (Wildman–Crippen MR) is 120 cm³/mol. The quantitative estimate of drug-likeness (QED) is 0.476. The molecule has 1 N–H and O–H groups in total. The van der Waals surface area contributed by atoms with Gasteiger partial charge in [0.2, 0.25) is 10.0 Å². The highest BCUT2D eigenvalue weighted by atomic mass is 32.2. The van der Waals surface area contributed by atoms with Gasteiger partial charge < -0.3 is 10.1 Å². The number of morpholine rings is 1. The number of ether oxygens (including phenoxy) is 1. The van der Waals surface area contributed by atoms with Gasteiger partial charge in [-0.3, -0.25) is 15.0 Å². The van der Waals surface area contributed by atoms with Gasteiger partial charge in [0, 0.05) is 31.7 Å². The molecule has 0 spiro atoms. The molecule has 2 aliphatic heterocycles. The molecule has 2 saturated heterocycles. The Hall–Kier alpha value is -1.75. The normalized spacial score (nSPS) is 20.4. The van der Waals surface area contributed by atoms with Crippen LogP contribution in [0.25, 0.3) is 0 Å². The number of nitrogens with one attached hydrogen (secondary N) is 1. The topological polar surface area (TPSA) is 105 Å². The van der Waals surface area contributed by atoms with E-state index >= 15 is 0 Å². The monoisotopic (exact) mass is 454 g/mol. The summed E-state index contributed by atoms with van der Waals surface area (Å²) >= 11 is 0. The third-order valence-electron chi connectivity index (χ3n) is 6.15. The molecule has 0 bridgehead atoms. The number of hydrogen-bond acceptors (Lipinski definition) is 7. The standard InChI is InChI=1S/C21H34N4O5S/c1-17(2)21(23-9-5-3-4-6-10-23)16-22-19-8-7-18(15-20(19)25(26)27)31(28,29)24-11-13-30-14-12-24/h7-8,15,17,21-22H,3-6,9-14,16H2,1-2H3/t21-/m0/s1. The molecule has 174 valence electrons. The summed E-state index contributed by atoms with van der Waals surface area (Å²) in [6, 6.07) is 4.40. The summed E-state index contributed by atoms with van der Waals surface area (Å²) in [7, 11) is -3.79. The van der Waals surface area contributed by atoms with Crippen molar-refractivity contribution in [2.24, 2.45) is 5.92 Å². The van der Waals surface area contributed by atoms with Gasteiger partial charge in [-0.2, -0.15) is 4.31 Å². The zero-order valence-electron chi connectivity index (χ0n) is 18.5.